The van der Waals surface area contributed by atoms with E-state index in [0.29, 0.717) is 0 Å². The highest BCUT2D eigenvalue weighted by molar-refractivity contribution is 5.51. The van der Waals surface area contributed by atoms with Crippen LogP contribution in [-0.2, 0) is 12.8 Å². The summed E-state index contributed by atoms with van der Waals surface area (Å²) >= 11 is 0. The van der Waals surface area contributed by atoms with Crippen molar-refractivity contribution in [1.29, 1.82) is 0 Å². The molecule has 0 spiro atoms. The summed E-state index contributed by atoms with van der Waals surface area (Å²) < 4.78 is 0. The first-order valence-corrected chi connectivity index (χ1v) is 7.11. The van der Waals surface area contributed by atoms with Crippen molar-refractivity contribution >= 4 is 0 Å². The van der Waals surface area contributed by atoms with Gasteiger partial charge in [-0.3, -0.25) is 0 Å². The predicted molar refractivity (Wildman–Crippen MR) is 76.9 cm³/mol. The minimum Gasteiger partial charge on any atom is -0.153 e. The van der Waals surface area contributed by atoms with Crippen LogP contribution in [0.3, 0.4) is 0 Å². The summed E-state index contributed by atoms with van der Waals surface area (Å²) in [6.07, 6.45) is 4.66. The van der Waals surface area contributed by atoms with E-state index in [1.807, 2.05) is 4.80 Å². The molecular weight excluding hydrogens is 234 g/mol. The van der Waals surface area contributed by atoms with Crippen molar-refractivity contribution in [3.05, 3.63) is 39.7 Å². The van der Waals surface area contributed by atoms with E-state index in [2.05, 4.69) is 33.8 Å². The molecule has 3 rings (SSSR count). The van der Waals surface area contributed by atoms with Gasteiger partial charge in [0.1, 0.15) is 0 Å². The SMILES string of the molecule is Cc1cc(-n2nc3c(n2)CCCC3)c(C)c(C)c1C. The fourth-order valence-corrected chi connectivity index (χ4v) is 2.85. The van der Waals surface area contributed by atoms with Crippen LogP contribution < -0.4 is 0 Å². The summed E-state index contributed by atoms with van der Waals surface area (Å²) in [6, 6.07) is 2.21. The molecule has 1 heterocycles. The topological polar surface area (TPSA) is 30.7 Å². The van der Waals surface area contributed by atoms with E-state index < -0.39 is 0 Å². The zero-order valence-electron chi connectivity index (χ0n) is 12.2. The van der Waals surface area contributed by atoms with Gasteiger partial charge in [0.25, 0.3) is 0 Å². The summed E-state index contributed by atoms with van der Waals surface area (Å²) in [5.41, 5.74) is 8.85. The zero-order valence-corrected chi connectivity index (χ0v) is 12.2. The van der Waals surface area contributed by atoms with Gasteiger partial charge in [0.2, 0.25) is 0 Å². The third-order valence-corrected chi connectivity index (χ3v) is 4.51. The quantitative estimate of drug-likeness (QED) is 0.782. The lowest BCUT2D eigenvalue weighted by Gasteiger charge is -2.13. The van der Waals surface area contributed by atoms with Crippen LogP contribution in [0, 0.1) is 27.7 Å². The van der Waals surface area contributed by atoms with Crippen molar-refractivity contribution < 1.29 is 0 Å². The molecule has 1 aliphatic rings. The second-order valence-electron chi connectivity index (χ2n) is 5.68. The molecule has 2 aromatic rings. The van der Waals surface area contributed by atoms with Crippen LogP contribution in [0.25, 0.3) is 5.69 Å². The van der Waals surface area contributed by atoms with E-state index in [1.165, 1.54) is 46.5 Å². The number of hydrogen-bond acceptors (Lipinski definition) is 2. The highest BCUT2D eigenvalue weighted by Gasteiger charge is 2.17. The molecule has 1 aromatic heterocycles. The van der Waals surface area contributed by atoms with Crippen molar-refractivity contribution in [1.82, 2.24) is 15.0 Å². The van der Waals surface area contributed by atoms with E-state index in [1.54, 1.807) is 0 Å². The summed E-state index contributed by atoms with van der Waals surface area (Å²) in [6.45, 7) is 8.70. The average molecular weight is 255 g/mol. The summed E-state index contributed by atoms with van der Waals surface area (Å²) in [5, 5.41) is 9.40. The molecule has 0 bridgehead atoms. The molecule has 0 N–H and O–H groups in total. The number of hydrogen-bond donors (Lipinski definition) is 0. The Morgan fingerprint density at radius 1 is 0.842 bits per heavy atom. The van der Waals surface area contributed by atoms with Gasteiger partial charge >= 0.3 is 0 Å². The number of rotatable bonds is 1. The van der Waals surface area contributed by atoms with E-state index in [4.69, 9.17) is 10.2 Å². The summed E-state index contributed by atoms with van der Waals surface area (Å²) in [4.78, 5) is 1.85. The van der Waals surface area contributed by atoms with Crippen LogP contribution in [0.2, 0.25) is 0 Å². The van der Waals surface area contributed by atoms with Crippen LogP contribution in [0.1, 0.15) is 46.5 Å². The number of benzene rings is 1. The fourth-order valence-electron chi connectivity index (χ4n) is 2.85. The second kappa shape index (κ2) is 4.48. The van der Waals surface area contributed by atoms with Gasteiger partial charge in [-0.05, 0) is 81.7 Å². The van der Waals surface area contributed by atoms with Gasteiger partial charge in [-0.2, -0.15) is 15.0 Å². The maximum absolute atomic E-state index is 4.70. The Hall–Kier alpha value is -1.64. The minimum atomic E-state index is 1.08. The highest BCUT2D eigenvalue weighted by atomic mass is 15.5. The van der Waals surface area contributed by atoms with Gasteiger partial charge in [-0.25, -0.2) is 0 Å². The third kappa shape index (κ3) is 1.97. The average Bonchev–Trinajstić information content (AvgIpc) is 2.84. The smallest absolute Gasteiger partial charge is 0.0891 e. The van der Waals surface area contributed by atoms with Gasteiger partial charge in [0, 0.05) is 0 Å². The number of nitrogens with zero attached hydrogens (tertiary/aromatic N) is 3. The van der Waals surface area contributed by atoms with E-state index >= 15 is 0 Å². The lowest BCUT2D eigenvalue weighted by Crippen LogP contribution is -2.05. The Morgan fingerprint density at radius 2 is 1.42 bits per heavy atom. The van der Waals surface area contributed by atoms with Crippen LogP contribution in [0.4, 0.5) is 0 Å². The van der Waals surface area contributed by atoms with Crippen LogP contribution in [0.15, 0.2) is 6.07 Å². The van der Waals surface area contributed by atoms with Crippen molar-refractivity contribution in [2.45, 2.75) is 53.4 Å². The summed E-state index contributed by atoms with van der Waals surface area (Å²) in [7, 11) is 0. The third-order valence-electron chi connectivity index (χ3n) is 4.51. The molecule has 0 unspecified atom stereocenters. The zero-order chi connectivity index (χ0) is 13.6. The molecular formula is C16H21N3. The number of fused-ring (bicyclic) bond motifs is 1. The van der Waals surface area contributed by atoms with Gasteiger partial charge in [-0.1, -0.05) is 0 Å². The second-order valence-corrected chi connectivity index (χ2v) is 5.68. The first-order chi connectivity index (χ1) is 9.08. The molecule has 0 amide bonds. The molecule has 0 aliphatic heterocycles. The molecule has 3 nitrogen and oxygen atoms in total. The van der Waals surface area contributed by atoms with Crippen molar-refractivity contribution in [2.24, 2.45) is 0 Å². The molecule has 0 atom stereocenters. The van der Waals surface area contributed by atoms with Crippen LogP contribution in [0.5, 0.6) is 0 Å². The normalized spacial score (nSPS) is 14.5. The maximum atomic E-state index is 4.70. The van der Waals surface area contributed by atoms with Crippen molar-refractivity contribution in [3.8, 4) is 5.69 Å². The lowest BCUT2D eigenvalue weighted by molar-refractivity contribution is 0.667. The molecule has 3 heteroatoms. The molecule has 0 saturated heterocycles. The Bertz CT molecular complexity index is 614. The Balaban J connectivity index is 2.14. The first kappa shape index (κ1) is 12.4. The standard InChI is InChI=1S/C16H21N3/c1-10-9-16(13(4)12(3)11(10)2)19-17-14-7-5-6-8-15(14)18-19/h9H,5-8H2,1-4H3. The lowest BCUT2D eigenvalue weighted by atomic mass is 9.98. The predicted octanol–water partition coefficient (Wildman–Crippen LogP) is 3.38. The molecule has 1 aromatic carbocycles. The Labute approximate surface area is 114 Å². The largest absolute Gasteiger partial charge is 0.153 e. The van der Waals surface area contributed by atoms with Gasteiger partial charge in [0.05, 0.1) is 17.1 Å². The Morgan fingerprint density at radius 3 is 2.00 bits per heavy atom. The van der Waals surface area contributed by atoms with Gasteiger partial charge in [-0.15, -0.1) is 0 Å². The van der Waals surface area contributed by atoms with Crippen LogP contribution >= 0.6 is 0 Å². The van der Waals surface area contributed by atoms with E-state index in [0.717, 1.165) is 18.5 Å². The van der Waals surface area contributed by atoms with Crippen LogP contribution in [-0.4, -0.2) is 15.0 Å². The highest BCUT2D eigenvalue weighted by Crippen LogP contribution is 2.25. The van der Waals surface area contributed by atoms with Crippen molar-refractivity contribution in [2.75, 3.05) is 0 Å². The first-order valence-electron chi connectivity index (χ1n) is 7.11. The number of aromatic nitrogens is 3. The molecule has 0 fully saturated rings. The molecule has 0 saturated carbocycles. The number of aryl methyl sites for hydroxylation is 3. The fraction of sp³-hybridized carbons (Fsp3) is 0.500. The summed E-state index contributed by atoms with van der Waals surface area (Å²) in [5.74, 6) is 0. The monoisotopic (exact) mass is 255 g/mol. The minimum absolute atomic E-state index is 1.08. The van der Waals surface area contributed by atoms with Gasteiger partial charge < -0.3 is 0 Å². The molecule has 0 radical (unpaired) electrons. The maximum Gasteiger partial charge on any atom is 0.0891 e. The molecule has 19 heavy (non-hydrogen) atoms. The molecule has 100 valence electrons. The Kier molecular flexibility index (Phi) is 2.92. The van der Waals surface area contributed by atoms with E-state index in [9.17, 15) is 0 Å². The van der Waals surface area contributed by atoms with Crippen molar-refractivity contribution in [3.63, 3.8) is 0 Å². The van der Waals surface area contributed by atoms with Gasteiger partial charge in [0.15, 0.2) is 0 Å². The molecule has 1 aliphatic carbocycles. The van der Waals surface area contributed by atoms with E-state index in [-0.39, 0.29) is 0 Å².